The summed E-state index contributed by atoms with van der Waals surface area (Å²) in [4.78, 5) is 13.9. The average Bonchev–Trinajstić information content (AvgIpc) is 3.09. The SMILES string of the molecule is CN(Cc1cc2c(cc1OC(F)F)OCO2)C(=O)CC(N)c1ccccc1. The number of halogens is 2. The molecule has 27 heavy (non-hydrogen) atoms. The standard InChI is InChI=1S/C19H20F2N2O4/c1-23(18(24)8-14(22)12-5-3-2-4-6-12)10-13-7-16-17(26-11-25-16)9-15(13)27-19(20)21/h2-7,9,14,19H,8,10-11,22H2,1H3. The van der Waals surface area contributed by atoms with Crippen molar-refractivity contribution in [2.24, 2.45) is 5.73 Å². The van der Waals surface area contributed by atoms with Gasteiger partial charge < -0.3 is 24.8 Å². The topological polar surface area (TPSA) is 74.0 Å². The number of nitrogens with two attached hydrogens (primary N) is 1. The van der Waals surface area contributed by atoms with Gasteiger partial charge in [-0.05, 0) is 11.6 Å². The average molecular weight is 378 g/mol. The summed E-state index contributed by atoms with van der Waals surface area (Å²) >= 11 is 0. The number of rotatable bonds is 7. The Kier molecular flexibility index (Phi) is 5.75. The van der Waals surface area contributed by atoms with Crippen molar-refractivity contribution in [3.63, 3.8) is 0 Å². The fourth-order valence-electron chi connectivity index (χ4n) is 2.80. The number of ether oxygens (including phenoxy) is 3. The maximum atomic E-state index is 12.7. The van der Waals surface area contributed by atoms with Gasteiger partial charge in [0.1, 0.15) is 5.75 Å². The number of hydrogen-bond acceptors (Lipinski definition) is 5. The molecule has 0 aromatic heterocycles. The highest BCUT2D eigenvalue weighted by atomic mass is 19.3. The summed E-state index contributed by atoms with van der Waals surface area (Å²) in [5.41, 5.74) is 7.33. The van der Waals surface area contributed by atoms with E-state index >= 15 is 0 Å². The molecule has 1 heterocycles. The molecule has 8 heteroatoms. The molecular weight excluding hydrogens is 358 g/mol. The van der Waals surface area contributed by atoms with Gasteiger partial charge in [0.05, 0.1) is 0 Å². The Balaban J connectivity index is 1.71. The fraction of sp³-hybridized carbons (Fsp3) is 0.316. The van der Waals surface area contributed by atoms with Crippen LogP contribution in [0.2, 0.25) is 0 Å². The molecule has 1 aliphatic heterocycles. The lowest BCUT2D eigenvalue weighted by Gasteiger charge is -2.21. The third-order valence-corrected chi connectivity index (χ3v) is 4.23. The molecular formula is C19H20F2N2O4. The van der Waals surface area contributed by atoms with E-state index in [9.17, 15) is 13.6 Å². The molecule has 2 aromatic carbocycles. The summed E-state index contributed by atoms with van der Waals surface area (Å²) in [5, 5.41) is 0. The molecule has 1 atom stereocenters. The summed E-state index contributed by atoms with van der Waals surface area (Å²) in [5.74, 6) is 0.483. The van der Waals surface area contributed by atoms with Crippen molar-refractivity contribution in [1.29, 1.82) is 0 Å². The molecule has 1 unspecified atom stereocenters. The van der Waals surface area contributed by atoms with Gasteiger partial charge in [-0.2, -0.15) is 8.78 Å². The monoisotopic (exact) mass is 378 g/mol. The van der Waals surface area contributed by atoms with Gasteiger partial charge in [-0.1, -0.05) is 30.3 Å². The Morgan fingerprint density at radius 3 is 2.56 bits per heavy atom. The van der Waals surface area contributed by atoms with Gasteiger partial charge in [0.15, 0.2) is 11.5 Å². The van der Waals surface area contributed by atoms with E-state index in [2.05, 4.69) is 4.74 Å². The second-order valence-electron chi connectivity index (χ2n) is 6.16. The van der Waals surface area contributed by atoms with Crippen LogP contribution < -0.4 is 19.9 Å². The van der Waals surface area contributed by atoms with Crippen LogP contribution in [0.1, 0.15) is 23.6 Å². The molecule has 0 radical (unpaired) electrons. The van der Waals surface area contributed by atoms with Gasteiger partial charge in [0.25, 0.3) is 0 Å². The number of fused-ring (bicyclic) bond motifs is 1. The van der Waals surface area contributed by atoms with E-state index < -0.39 is 12.7 Å². The van der Waals surface area contributed by atoms with Crippen molar-refractivity contribution in [2.75, 3.05) is 13.8 Å². The lowest BCUT2D eigenvalue weighted by molar-refractivity contribution is -0.130. The minimum Gasteiger partial charge on any atom is -0.454 e. The molecule has 2 aromatic rings. The van der Waals surface area contributed by atoms with Crippen LogP contribution in [-0.2, 0) is 11.3 Å². The quantitative estimate of drug-likeness (QED) is 0.802. The molecule has 2 N–H and O–H groups in total. The van der Waals surface area contributed by atoms with Gasteiger partial charge in [0.2, 0.25) is 12.7 Å². The van der Waals surface area contributed by atoms with Gasteiger partial charge in [-0.25, -0.2) is 0 Å². The van der Waals surface area contributed by atoms with Crippen molar-refractivity contribution in [1.82, 2.24) is 4.90 Å². The van der Waals surface area contributed by atoms with Crippen LogP contribution in [0.5, 0.6) is 17.2 Å². The van der Waals surface area contributed by atoms with E-state index in [1.807, 2.05) is 30.3 Å². The minimum absolute atomic E-state index is 0.00754. The first-order valence-electron chi connectivity index (χ1n) is 8.36. The smallest absolute Gasteiger partial charge is 0.387 e. The molecule has 1 amide bonds. The number of amides is 1. The first-order chi connectivity index (χ1) is 12.9. The van der Waals surface area contributed by atoms with Crippen molar-refractivity contribution in [2.45, 2.75) is 25.6 Å². The fourth-order valence-corrected chi connectivity index (χ4v) is 2.80. The predicted molar refractivity (Wildman–Crippen MR) is 93.7 cm³/mol. The van der Waals surface area contributed by atoms with E-state index in [1.54, 1.807) is 13.1 Å². The van der Waals surface area contributed by atoms with Crippen LogP contribution in [0, 0.1) is 0 Å². The van der Waals surface area contributed by atoms with Crippen LogP contribution in [0.25, 0.3) is 0 Å². The largest absolute Gasteiger partial charge is 0.454 e. The van der Waals surface area contributed by atoms with Crippen LogP contribution >= 0.6 is 0 Å². The lowest BCUT2D eigenvalue weighted by Crippen LogP contribution is -2.29. The highest BCUT2D eigenvalue weighted by Gasteiger charge is 2.22. The molecule has 0 saturated heterocycles. The van der Waals surface area contributed by atoms with Crippen LogP contribution in [0.15, 0.2) is 42.5 Å². The Labute approximate surface area is 155 Å². The van der Waals surface area contributed by atoms with Crippen LogP contribution in [0.4, 0.5) is 8.78 Å². The summed E-state index contributed by atoms with van der Waals surface area (Å²) in [6, 6.07) is 11.7. The third-order valence-electron chi connectivity index (χ3n) is 4.23. The van der Waals surface area contributed by atoms with Crippen LogP contribution in [-0.4, -0.2) is 31.3 Å². The molecule has 1 aliphatic rings. The van der Waals surface area contributed by atoms with Crippen molar-refractivity contribution >= 4 is 5.91 Å². The molecule has 6 nitrogen and oxygen atoms in total. The number of carbonyl (C=O) groups is 1. The van der Waals surface area contributed by atoms with Crippen molar-refractivity contribution in [3.05, 3.63) is 53.6 Å². The van der Waals surface area contributed by atoms with Gasteiger partial charge in [0, 0.05) is 37.7 Å². The number of nitrogens with zero attached hydrogens (tertiary/aromatic N) is 1. The maximum Gasteiger partial charge on any atom is 0.387 e. The first-order valence-corrected chi connectivity index (χ1v) is 8.36. The highest BCUT2D eigenvalue weighted by Crippen LogP contribution is 2.39. The maximum absolute atomic E-state index is 12.7. The molecule has 3 rings (SSSR count). The number of benzene rings is 2. The summed E-state index contributed by atoms with van der Waals surface area (Å²) < 4.78 is 40.5. The summed E-state index contributed by atoms with van der Waals surface area (Å²) in [6.45, 7) is -2.91. The zero-order valence-electron chi connectivity index (χ0n) is 14.7. The Bertz CT molecular complexity index is 802. The zero-order chi connectivity index (χ0) is 19.4. The first kappa shape index (κ1) is 18.9. The Morgan fingerprint density at radius 2 is 1.89 bits per heavy atom. The summed E-state index contributed by atoms with van der Waals surface area (Å²) in [7, 11) is 1.58. The molecule has 0 spiro atoms. The Hall–Kier alpha value is -2.87. The van der Waals surface area contributed by atoms with E-state index in [-0.39, 0.29) is 31.4 Å². The zero-order valence-corrected chi connectivity index (χ0v) is 14.7. The normalized spacial score (nSPS) is 13.5. The predicted octanol–water partition coefficient (Wildman–Crippen LogP) is 3.07. The number of carbonyl (C=O) groups excluding carboxylic acids is 1. The van der Waals surface area contributed by atoms with Gasteiger partial charge >= 0.3 is 6.61 Å². The second-order valence-corrected chi connectivity index (χ2v) is 6.16. The molecule has 0 aliphatic carbocycles. The van der Waals surface area contributed by atoms with Gasteiger partial charge in [-0.3, -0.25) is 4.79 Å². The van der Waals surface area contributed by atoms with E-state index in [4.69, 9.17) is 15.2 Å². The second kappa shape index (κ2) is 8.22. The molecule has 0 saturated carbocycles. The Morgan fingerprint density at radius 1 is 1.22 bits per heavy atom. The van der Waals surface area contributed by atoms with E-state index in [0.29, 0.717) is 17.1 Å². The highest BCUT2D eigenvalue weighted by molar-refractivity contribution is 5.77. The van der Waals surface area contributed by atoms with E-state index in [0.717, 1.165) is 5.56 Å². The van der Waals surface area contributed by atoms with Gasteiger partial charge in [-0.15, -0.1) is 0 Å². The number of hydrogen-bond donors (Lipinski definition) is 1. The molecule has 144 valence electrons. The molecule has 0 bridgehead atoms. The van der Waals surface area contributed by atoms with Crippen molar-refractivity contribution < 1.29 is 27.8 Å². The third kappa shape index (κ3) is 4.65. The van der Waals surface area contributed by atoms with Crippen LogP contribution in [0.3, 0.4) is 0 Å². The van der Waals surface area contributed by atoms with Crippen molar-refractivity contribution in [3.8, 4) is 17.2 Å². The molecule has 0 fully saturated rings. The lowest BCUT2D eigenvalue weighted by atomic mass is 10.0. The van der Waals surface area contributed by atoms with E-state index in [1.165, 1.54) is 11.0 Å². The summed E-state index contributed by atoms with van der Waals surface area (Å²) in [6.07, 6.45) is 0.0934. The minimum atomic E-state index is -2.99. The number of alkyl halides is 2.